The number of methoxy groups -OCH3 is 1. The van der Waals surface area contributed by atoms with Crippen molar-refractivity contribution in [2.45, 2.75) is 25.8 Å². The molecule has 1 aromatic rings. The number of rotatable bonds is 6. The zero-order chi connectivity index (χ0) is 14.5. The number of benzene rings is 1. The molecule has 1 unspecified atom stereocenters. The summed E-state index contributed by atoms with van der Waals surface area (Å²) in [6, 6.07) is 4.97. The van der Waals surface area contributed by atoms with E-state index in [4.69, 9.17) is 9.47 Å². The van der Waals surface area contributed by atoms with Crippen LogP contribution in [0.5, 0.6) is 5.75 Å². The molecule has 0 aliphatic heterocycles. The average molecular weight is 269 g/mol. The lowest BCUT2D eigenvalue weighted by Crippen LogP contribution is -2.49. The molecule has 0 aromatic heterocycles. The van der Waals surface area contributed by atoms with Crippen molar-refractivity contribution in [1.82, 2.24) is 5.32 Å². The first-order valence-corrected chi connectivity index (χ1v) is 6.10. The van der Waals surface area contributed by atoms with Gasteiger partial charge in [-0.25, -0.2) is 4.39 Å². The Hall–Kier alpha value is -1.62. The molecule has 0 aliphatic rings. The Labute approximate surface area is 112 Å². The van der Waals surface area contributed by atoms with Crippen molar-refractivity contribution in [3.63, 3.8) is 0 Å². The fourth-order valence-corrected chi connectivity index (χ4v) is 1.65. The molecule has 0 saturated heterocycles. The van der Waals surface area contributed by atoms with Gasteiger partial charge in [-0.2, -0.15) is 0 Å². The lowest BCUT2D eigenvalue weighted by molar-refractivity contribution is -0.148. The zero-order valence-electron chi connectivity index (χ0n) is 11.7. The molecule has 1 N–H and O–H groups in total. The van der Waals surface area contributed by atoms with Gasteiger partial charge < -0.3 is 14.8 Å². The smallest absolute Gasteiger partial charge is 0.325 e. The summed E-state index contributed by atoms with van der Waals surface area (Å²) in [6.07, 6.45) is 0.379. The van der Waals surface area contributed by atoms with Gasteiger partial charge in [0.25, 0.3) is 0 Å². The summed E-state index contributed by atoms with van der Waals surface area (Å²) in [5.74, 6) is -0.543. The van der Waals surface area contributed by atoms with Crippen molar-refractivity contribution >= 4 is 5.97 Å². The number of aryl methyl sites for hydroxylation is 1. The highest BCUT2D eigenvalue weighted by Crippen LogP contribution is 2.21. The summed E-state index contributed by atoms with van der Waals surface area (Å²) >= 11 is 0. The van der Waals surface area contributed by atoms with Gasteiger partial charge in [0.1, 0.15) is 5.54 Å². The maximum absolute atomic E-state index is 13.7. The average Bonchev–Trinajstić information content (AvgIpc) is 2.42. The minimum Gasteiger partial charge on any atom is -0.490 e. The van der Waals surface area contributed by atoms with Crippen molar-refractivity contribution in [3.05, 3.63) is 29.6 Å². The van der Waals surface area contributed by atoms with E-state index in [-0.39, 0.29) is 24.1 Å². The van der Waals surface area contributed by atoms with Gasteiger partial charge in [0.15, 0.2) is 11.6 Å². The highest BCUT2D eigenvalue weighted by atomic mass is 19.1. The van der Waals surface area contributed by atoms with Gasteiger partial charge in [0.05, 0.1) is 13.7 Å². The third-order valence-electron chi connectivity index (χ3n) is 3.20. The second-order valence-corrected chi connectivity index (χ2v) is 4.56. The standard InChI is InChI=1S/C14H20FNO3/c1-10-6-5-7-11(12(10)15)19-9-8-14(2,16-3)13(17)18-4/h5-7,16H,8-9H2,1-4H3. The first-order chi connectivity index (χ1) is 8.94. The van der Waals surface area contributed by atoms with Crippen LogP contribution in [0.4, 0.5) is 4.39 Å². The molecular formula is C14H20FNO3. The molecule has 0 saturated carbocycles. The summed E-state index contributed by atoms with van der Waals surface area (Å²) < 4.78 is 23.8. The quantitative estimate of drug-likeness (QED) is 0.803. The Kier molecular flexibility index (Phi) is 5.30. The lowest BCUT2D eigenvalue weighted by Gasteiger charge is -2.25. The second-order valence-electron chi connectivity index (χ2n) is 4.56. The van der Waals surface area contributed by atoms with Crippen LogP contribution in [0.1, 0.15) is 18.9 Å². The highest BCUT2D eigenvalue weighted by molar-refractivity contribution is 5.80. The highest BCUT2D eigenvalue weighted by Gasteiger charge is 2.32. The van der Waals surface area contributed by atoms with E-state index in [2.05, 4.69) is 5.32 Å². The summed E-state index contributed by atoms with van der Waals surface area (Å²) in [7, 11) is 3.00. The van der Waals surface area contributed by atoms with Crippen LogP contribution >= 0.6 is 0 Å². The molecule has 1 atom stereocenters. The number of carbonyl (C=O) groups is 1. The van der Waals surface area contributed by atoms with Crippen molar-refractivity contribution in [2.24, 2.45) is 0 Å². The SMILES string of the molecule is CNC(C)(CCOc1cccc(C)c1F)C(=O)OC. The maximum Gasteiger partial charge on any atom is 0.325 e. The molecule has 1 aromatic carbocycles. The van der Waals surface area contributed by atoms with Crippen LogP contribution in [0.3, 0.4) is 0 Å². The number of hydrogen-bond donors (Lipinski definition) is 1. The first-order valence-electron chi connectivity index (χ1n) is 6.10. The minimum atomic E-state index is -0.838. The molecule has 0 spiro atoms. The van der Waals surface area contributed by atoms with E-state index in [1.54, 1.807) is 39.1 Å². The molecule has 0 heterocycles. The zero-order valence-corrected chi connectivity index (χ0v) is 11.7. The van der Waals surface area contributed by atoms with Gasteiger partial charge in [-0.1, -0.05) is 12.1 Å². The number of ether oxygens (including phenoxy) is 2. The van der Waals surface area contributed by atoms with Crippen LogP contribution in [-0.2, 0) is 9.53 Å². The number of nitrogens with one attached hydrogen (secondary N) is 1. The Bertz CT molecular complexity index is 450. The molecule has 0 amide bonds. The molecule has 0 bridgehead atoms. The van der Waals surface area contributed by atoms with E-state index >= 15 is 0 Å². The fourth-order valence-electron chi connectivity index (χ4n) is 1.65. The van der Waals surface area contributed by atoms with Crippen molar-refractivity contribution in [2.75, 3.05) is 20.8 Å². The van der Waals surface area contributed by atoms with Gasteiger partial charge in [-0.15, -0.1) is 0 Å². The van der Waals surface area contributed by atoms with Crippen LogP contribution in [0.15, 0.2) is 18.2 Å². The molecule has 19 heavy (non-hydrogen) atoms. The summed E-state index contributed by atoms with van der Waals surface area (Å²) in [6.45, 7) is 3.61. The fraction of sp³-hybridized carbons (Fsp3) is 0.500. The lowest BCUT2D eigenvalue weighted by atomic mass is 9.99. The van der Waals surface area contributed by atoms with Gasteiger partial charge >= 0.3 is 5.97 Å². The molecule has 5 heteroatoms. The predicted molar refractivity (Wildman–Crippen MR) is 70.7 cm³/mol. The Morgan fingerprint density at radius 1 is 1.47 bits per heavy atom. The number of hydrogen-bond acceptors (Lipinski definition) is 4. The van der Waals surface area contributed by atoms with Crippen LogP contribution in [-0.4, -0.2) is 32.3 Å². The second kappa shape index (κ2) is 6.52. The van der Waals surface area contributed by atoms with E-state index in [0.29, 0.717) is 12.0 Å². The topological polar surface area (TPSA) is 47.6 Å². The molecule has 0 aliphatic carbocycles. The Balaban J connectivity index is 2.63. The number of esters is 1. The van der Waals surface area contributed by atoms with Crippen LogP contribution < -0.4 is 10.1 Å². The van der Waals surface area contributed by atoms with Crippen LogP contribution in [0.25, 0.3) is 0 Å². The third kappa shape index (κ3) is 3.67. The monoisotopic (exact) mass is 269 g/mol. The van der Waals surface area contributed by atoms with E-state index in [0.717, 1.165) is 0 Å². The predicted octanol–water partition coefficient (Wildman–Crippen LogP) is 2.05. The molecule has 0 radical (unpaired) electrons. The summed E-state index contributed by atoms with van der Waals surface area (Å²) in [4.78, 5) is 11.6. The van der Waals surface area contributed by atoms with Crippen LogP contribution in [0.2, 0.25) is 0 Å². The normalized spacial score (nSPS) is 13.7. The first kappa shape index (κ1) is 15.4. The number of halogens is 1. The molecule has 1 rings (SSSR count). The molecule has 0 fully saturated rings. The minimum absolute atomic E-state index is 0.198. The van der Waals surface area contributed by atoms with Crippen LogP contribution in [0, 0.1) is 12.7 Å². The number of carbonyl (C=O) groups excluding carboxylic acids is 1. The van der Waals surface area contributed by atoms with Crippen molar-refractivity contribution in [3.8, 4) is 5.75 Å². The third-order valence-corrected chi connectivity index (χ3v) is 3.20. The molecular weight excluding hydrogens is 249 g/mol. The van der Waals surface area contributed by atoms with E-state index in [1.807, 2.05) is 0 Å². The Morgan fingerprint density at radius 2 is 2.16 bits per heavy atom. The Morgan fingerprint density at radius 3 is 2.74 bits per heavy atom. The summed E-state index contributed by atoms with van der Waals surface area (Å²) in [5.41, 5.74) is -0.309. The van der Waals surface area contributed by atoms with E-state index in [1.165, 1.54) is 7.11 Å². The van der Waals surface area contributed by atoms with E-state index in [9.17, 15) is 9.18 Å². The van der Waals surface area contributed by atoms with Gasteiger partial charge in [-0.05, 0) is 32.5 Å². The van der Waals surface area contributed by atoms with E-state index < -0.39 is 5.54 Å². The van der Waals surface area contributed by atoms with Crippen molar-refractivity contribution < 1.29 is 18.7 Å². The van der Waals surface area contributed by atoms with Gasteiger partial charge in [0, 0.05) is 6.42 Å². The maximum atomic E-state index is 13.7. The number of likely N-dealkylation sites (N-methyl/N-ethyl adjacent to an activating group) is 1. The van der Waals surface area contributed by atoms with Gasteiger partial charge in [0.2, 0.25) is 0 Å². The molecule has 4 nitrogen and oxygen atoms in total. The largest absolute Gasteiger partial charge is 0.490 e. The van der Waals surface area contributed by atoms with Crippen molar-refractivity contribution in [1.29, 1.82) is 0 Å². The molecule has 106 valence electrons. The summed E-state index contributed by atoms with van der Waals surface area (Å²) in [5, 5.41) is 2.89. The van der Waals surface area contributed by atoms with Gasteiger partial charge in [-0.3, -0.25) is 4.79 Å².